The maximum Gasteiger partial charge on any atom is 0.255 e. The Balaban J connectivity index is 1.43. The fourth-order valence-electron chi connectivity index (χ4n) is 3.32. The Morgan fingerprint density at radius 1 is 0.967 bits per heavy atom. The Hall–Kier alpha value is -3.45. The number of hydrogen-bond donors (Lipinski definition) is 2. The average molecular weight is 403 g/mol. The van der Waals surface area contributed by atoms with Crippen LogP contribution in [0.15, 0.2) is 54.6 Å². The lowest BCUT2D eigenvalue weighted by Crippen LogP contribution is -2.36. The predicted octanol–water partition coefficient (Wildman–Crippen LogP) is 3.93. The Labute approximate surface area is 176 Å². The van der Waals surface area contributed by atoms with Gasteiger partial charge in [-0.1, -0.05) is 17.7 Å². The van der Waals surface area contributed by atoms with E-state index in [0.717, 1.165) is 41.5 Å². The molecule has 2 heterocycles. The summed E-state index contributed by atoms with van der Waals surface area (Å²) < 4.78 is 5.42. The van der Waals surface area contributed by atoms with Gasteiger partial charge >= 0.3 is 0 Å². The van der Waals surface area contributed by atoms with E-state index >= 15 is 0 Å². The van der Waals surface area contributed by atoms with E-state index in [0.29, 0.717) is 24.7 Å². The maximum absolute atomic E-state index is 12.4. The number of anilines is 4. The van der Waals surface area contributed by atoms with Gasteiger partial charge in [-0.3, -0.25) is 4.79 Å². The highest BCUT2D eigenvalue weighted by molar-refractivity contribution is 6.04. The highest BCUT2D eigenvalue weighted by Gasteiger charge is 2.14. The van der Waals surface area contributed by atoms with E-state index in [-0.39, 0.29) is 5.91 Å². The number of nitrogens with zero attached hydrogens (tertiary/aromatic N) is 3. The molecule has 1 amide bonds. The van der Waals surface area contributed by atoms with Crippen molar-refractivity contribution in [2.24, 2.45) is 0 Å². The van der Waals surface area contributed by atoms with Crippen molar-refractivity contribution in [3.05, 3.63) is 71.4 Å². The van der Waals surface area contributed by atoms with E-state index in [9.17, 15) is 4.79 Å². The summed E-state index contributed by atoms with van der Waals surface area (Å²) in [5, 5.41) is 6.17. The first-order chi connectivity index (χ1) is 14.6. The van der Waals surface area contributed by atoms with Gasteiger partial charge < -0.3 is 20.3 Å². The third-order valence-electron chi connectivity index (χ3n) is 4.85. The number of morpholine rings is 1. The summed E-state index contributed by atoms with van der Waals surface area (Å²) in [7, 11) is 0. The first-order valence-corrected chi connectivity index (χ1v) is 10.0. The molecule has 0 bridgehead atoms. The molecule has 0 radical (unpaired) electrons. The summed E-state index contributed by atoms with van der Waals surface area (Å²) in [6, 6.07) is 17.0. The van der Waals surface area contributed by atoms with Crippen molar-refractivity contribution < 1.29 is 9.53 Å². The number of benzene rings is 2. The van der Waals surface area contributed by atoms with Crippen LogP contribution in [-0.2, 0) is 4.74 Å². The minimum absolute atomic E-state index is 0.128. The van der Waals surface area contributed by atoms with Crippen molar-refractivity contribution in [1.82, 2.24) is 9.97 Å². The van der Waals surface area contributed by atoms with Crippen molar-refractivity contribution in [2.75, 3.05) is 41.8 Å². The number of carbonyl (C=O) groups is 1. The van der Waals surface area contributed by atoms with Crippen LogP contribution < -0.4 is 15.5 Å². The number of carbonyl (C=O) groups excluding carboxylic acids is 1. The molecule has 2 N–H and O–H groups in total. The number of aromatic nitrogens is 2. The number of hydrogen-bond acceptors (Lipinski definition) is 6. The molecule has 1 fully saturated rings. The second kappa shape index (κ2) is 8.92. The third kappa shape index (κ3) is 4.93. The van der Waals surface area contributed by atoms with E-state index in [1.165, 1.54) is 0 Å². The van der Waals surface area contributed by atoms with Gasteiger partial charge in [-0.05, 0) is 50.2 Å². The van der Waals surface area contributed by atoms with Gasteiger partial charge in [0.05, 0.1) is 13.2 Å². The van der Waals surface area contributed by atoms with Crippen LogP contribution in [0.25, 0.3) is 0 Å². The lowest BCUT2D eigenvalue weighted by Gasteiger charge is -2.28. The van der Waals surface area contributed by atoms with Gasteiger partial charge in [0.2, 0.25) is 5.95 Å². The zero-order valence-electron chi connectivity index (χ0n) is 17.2. The normalized spacial score (nSPS) is 13.7. The third-order valence-corrected chi connectivity index (χ3v) is 4.85. The molecule has 4 rings (SSSR count). The van der Waals surface area contributed by atoms with Gasteiger partial charge in [0.1, 0.15) is 5.82 Å². The fraction of sp³-hybridized carbons (Fsp3) is 0.261. The summed E-state index contributed by atoms with van der Waals surface area (Å²) in [6.07, 6.45) is 0. The van der Waals surface area contributed by atoms with Crippen LogP contribution in [0, 0.1) is 13.8 Å². The molecule has 1 aliphatic rings. The molecule has 2 aromatic carbocycles. The molecule has 30 heavy (non-hydrogen) atoms. The zero-order chi connectivity index (χ0) is 20.9. The molecule has 0 unspecified atom stereocenters. The number of nitrogens with one attached hydrogen (secondary N) is 2. The predicted molar refractivity (Wildman–Crippen MR) is 119 cm³/mol. The molecule has 7 nitrogen and oxygen atoms in total. The number of amides is 1. The quantitative estimate of drug-likeness (QED) is 0.672. The van der Waals surface area contributed by atoms with Gasteiger partial charge in [0.15, 0.2) is 0 Å². The van der Waals surface area contributed by atoms with Crippen LogP contribution in [0.2, 0.25) is 0 Å². The lowest BCUT2D eigenvalue weighted by molar-refractivity contribution is 0.102. The molecule has 0 atom stereocenters. The summed E-state index contributed by atoms with van der Waals surface area (Å²) in [5.41, 5.74) is 4.17. The standard InChI is InChI=1S/C23H25N5O2/c1-16-4-3-5-18(14-16)22(29)25-19-6-8-20(9-7-19)26-23-24-17(2)15-21(27-23)28-10-12-30-13-11-28/h3-9,14-15H,10-13H2,1-2H3,(H,25,29)(H,24,26,27). The number of aryl methyl sites for hydroxylation is 2. The molecule has 0 aliphatic carbocycles. The summed E-state index contributed by atoms with van der Waals surface area (Å²) in [6.45, 7) is 7.00. The summed E-state index contributed by atoms with van der Waals surface area (Å²) in [4.78, 5) is 23.8. The highest BCUT2D eigenvalue weighted by atomic mass is 16.5. The highest BCUT2D eigenvalue weighted by Crippen LogP contribution is 2.21. The van der Waals surface area contributed by atoms with Crippen molar-refractivity contribution in [3.63, 3.8) is 0 Å². The van der Waals surface area contributed by atoms with Crippen molar-refractivity contribution in [3.8, 4) is 0 Å². The summed E-state index contributed by atoms with van der Waals surface area (Å²) >= 11 is 0. The maximum atomic E-state index is 12.4. The van der Waals surface area contributed by atoms with Crippen LogP contribution in [0.3, 0.4) is 0 Å². The molecule has 1 aliphatic heterocycles. The minimum Gasteiger partial charge on any atom is -0.378 e. The van der Waals surface area contributed by atoms with Gasteiger partial charge in [-0.25, -0.2) is 4.98 Å². The molecule has 154 valence electrons. The van der Waals surface area contributed by atoms with Crippen LogP contribution in [-0.4, -0.2) is 42.2 Å². The number of ether oxygens (including phenoxy) is 1. The molecular formula is C23H25N5O2. The van der Waals surface area contributed by atoms with Crippen molar-refractivity contribution >= 4 is 29.0 Å². The second-order valence-electron chi connectivity index (χ2n) is 7.32. The smallest absolute Gasteiger partial charge is 0.255 e. The van der Waals surface area contributed by atoms with Crippen LogP contribution >= 0.6 is 0 Å². The van der Waals surface area contributed by atoms with Gasteiger partial charge in [0, 0.05) is 41.8 Å². The minimum atomic E-state index is -0.128. The summed E-state index contributed by atoms with van der Waals surface area (Å²) in [5.74, 6) is 1.32. The monoisotopic (exact) mass is 403 g/mol. The Bertz CT molecular complexity index is 1030. The van der Waals surface area contributed by atoms with Crippen LogP contribution in [0.1, 0.15) is 21.6 Å². The molecule has 1 aromatic heterocycles. The topological polar surface area (TPSA) is 79.4 Å². The lowest BCUT2D eigenvalue weighted by atomic mass is 10.1. The van der Waals surface area contributed by atoms with Gasteiger partial charge in [-0.15, -0.1) is 0 Å². The van der Waals surface area contributed by atoms with Crippen molar-refractivity contribution in [1.29, 1.82) is 0 Å². The molecular weight excluding hydrogens is 378 g/mol. The Morgan fingerprint density at radius 2 is 1.70 bits per heavy atom. The molecule has 0 saturated carbocycles. The Kier molecular flexibility index (Phi) is 5.90. The largest absolute Gasteiger partial charge is 0.378 e. The number of rotatable bonds is 5. The average Bonchev–Trinajstić information content (AvgIpc) is 2.75. The van der Waals surface area contributed by atoms with Crippen LogP contribution in [0.4, 0.5) is 23.1 Å². The molecule has 1 saturated heterocycles. The zero-order valence-corrected chi connectivity index (χ0v) is 17.2. The molecule has 0 spiro atoms. The van der Waals surface area contributed by atoms with Gasteiger partial charge in [0.25, 0.3) is 5.91 Å². The Morgan fingerprint density at radius 3 is 2.43 bits per heavy atom. The van der Waals surface area contributed by atoms with E-state index in [4.69, 9.17) is 4.74 Å². The molecule has 3 aromatic rings. The van der Waals surface area contributed by atoms with E-state index in [2.05, 4.69) is 25.5 Å². The first-order valence-electron chi connectivity index (χ1n) is 10.0. The second-order valence-corrected chi connectivity index (χ2v) is 7.32. The van der Waals surface area contributed by atoms with E-state index in [1.54, 1.807) is 6.07 Å². The fourth-order valence-corrected chi connectivity index (χ4v) is 3.32. The van der Waals surface area contributed by atoms with Gasteiger partial charge in [-0.2, -0.15) is 4.98 Å². The molecule has 7 heteroatoms. The first kappa shape index (κ1) is 19.8. The SMILES string of the molecule is Cc1cccc(C(=O)Nc2ccc(Nc3nc(C)cc(N4CCOCC4)n3)cc2)c1. The van der Waals surface area contributed by atoms with Crippen molar-refractivity contribution in [2.45, 2.75) is 13.8 Å². The van der Waals surface area contributed by atoms with E-state index < -0.39 is 0 Å². The van der Waals surface area contributed by atoms with E-state index in [1.807, 2.05) is 62.4 Å². The van der Waals surface area contributed by atoms with Crippen LogP contribution in [0.5, 0.6) is 0 Å².